The molecule has 2 aliphatic rings. The number of amides is 2. The predicted molar refractivity (Wildman–Crippen MR) is 121 cm³/mol. The van der Waals surface area contributed by atoms with Gasteiger partial charge in [0.1, 0.15) is 5.75 Å². The third-order valence-electron chi connectivity index (χ3n) is 5.84. The molecule has 158 valence electrons. The number of hydrogen-bond donors (Lipinski definition) is 2. The van der Waals surface area contributed by atoms with Gasteiger partial charge in [0.15, 0.2) is 6.10 Å². The molecule has 2 aromatic carbocycles. The molecule has 2 amide bonds. The molecule has 1 saturated heterocycles. The lowest BCUT2D eigenvalue weighted by molar-refractivity contribution is -0.128. The van der Waals surface area contributed by atoms with Crippen molar-refractivity contribution >= 4 is 39.6 Å². The summed E-state index contributed by atoms with van der Waals surface area (Å²) < 4.78 is 5.75. The second-order valence-corrected chi connectivity index (χ2v) is 7.95. The van der Waals surface area contributed by atoms with Crippen LogP contribution in [0.2, 0.25) is 0 Å². The summed E-state index contributed by atoms with van der Waals surface area (Å²) in [4.78, 5) is 31.8. The Labute approximate surface area is 180 Å². The summed E-state index contributed by atoms with van der Waals surface area (Å²) in [6, 6.07) is 13.2. The maximum Gasteiger partial charge on any atom is 0.266 e. The van der Waals surface area contributed by atoms with Crippen LogP contribution < -0.4 is 20.3 Å². The Morgan fingerprint density at radius 3 is 2.81 bits per heavy atom. The normalized spacial score (nSPS) is 18.1. The third kappa shape index (κ3) is 3.91. The highest BCUT2D eigenvalue weighted by Gasteiger charge is 2.29. The van der Waals surface area contributed by atoms with Crippen LogP contribution in [0.1, 0.15) is 25.7 Å². The average molecular weight is 416 g/mol. The first-order chi connectivity index (χ1) is 15.2. The van der Waals surface area contributed by atoms with Gasteiger partial charge >= 0.3 is 0 Å². The number of benzene rings is 2. The van der Waals surface area contributed by atoms with Gasteiger partial charge in [-0.15, -0.1) is 0 Å². The van der Waals surface area contributed by atoms with Crippen LogP contribution in [0.25, 0.3) is 10.8 Å². The SMILES string of the molecule is O=C(C[C@@H]1Oc2ccccc2NC1=O)Nc1ccc(N2CCCCC2)c2ccncc12. The van der Waals surface area contributed by atoms with E-state index in [4.69, 9.17) is 4.74 Å². The molecular weight excluding hydrogens is 392 g/mol. The van der Waals surface area contributed by atoms with Crippen LogP contribution in [0.3, 0.4) is 0 Å². The molecule has 0 saturated carbocycles. The van der Waals surface area contributed by atoms with Crippen molar-refractivity contribution in [3.05, 3.63) is 54.9 Å². The molecule has 2 N–H and O–H groups in total. The van der Waals surface area contributed by atoms with E-state index < -0.39 is 6.10 Å². The van der Waals surface area contributed by atoms with Crippen molar-refractivity contribution in [2.75, 3.05) is 28.6 Å². The highest BCUT2D eigenvalue weighted by molar-refractivity contribution is 6.08. The molecule has 0 radical (unpaired) electrons. The number of aromatic nitrogens is 1. The molecule has 1 atom stereocenters. The zero-order valence-electron chi connectivity index (χ0n) is 17.1. The van der Waals surface area contributed by atoms with Crippen molar-refractivity contribution in [3.63, 3.8) is 0 Å². The lowest BCUT2D eigenvalue weighted by Gasteiger charge is -2.30. The van der Waals surface area contributed by atoms with E-state index in [2.05, 4.69) is 26.6 Å². The molecule has 0 spiro atoms. The van der Waals surface area contributed by atoms with Crippen molar-refractivity contribution in [1.29, 1.82) is 0 Å². The molecule has 3 aromatic rings. The summed E-state index contributed by atoms with van der Waals surface area (Å²) in [6.07, 6.45) is 6.26. The number of fused-ring (bicyclic) bond motifs is 2. The maximum atomic E-state index is 12.8. The van der Waals surface area contributed by atoms with Crippen molar-refractivity contribution < 1.29 is 14.3 Å². The Morgan fingerprint density at radius 2 is 1.94 bits per heavy atom. The van der Waals surface area contributed by atoms with Gasteiger partial charge in [0, 0.05) is 41.9 Å². The van der Waals surface area contributed by atoms with Gasteiger partial charge < -0.3 is 20.3 Å². The van der Waals surface area contributed by atoms with E-state index in [-0.39, 0.29) is 18.2 Å². The van der Waals surface area contributed by atoms with E-state index in [1.807, 2.05) is 24.3 Å². The average Bonchev–Trinajstić information content (AvgIpc) is 2.80. The number of nitrogens with one attached hydrogen (secondary N) is 2. The minimum Gasteiger partial charge on any atom is -0.478 e. The first-order valence-electron chi connectivity index (χ1n) is 10.7. The summed E-state index contributed by atoms with van der Waals surface area (Å²) in [5.74, 6) is -0.0309. The molecule has 0 unspecified atom stereocenters. The highest BCUT2D eigenvalue weighted by atomic mass is 16.5. The van der Waals surface area contributed by atoms with Crippen LogP contribution >= 0.6 is 0 Å². The lowest BCUT2D eigenvalue weighted by atomic mass is 10.0. The molecule has 5 rings (SSSR count). The number of piperidine rings is 1. The van der Waals surface area contributed by atoms with E-state index in [0.29, 0.717) is 17.1 Å². The third-order valence-corrected chi connectivity index (χ3v) is 5.84. The zero-order valence-corrected chi connectivity index (χ0v) is 17.1. The summed E-state index contributed by atoms with van der Waals surface area (Å²) >= 11 is 0. The van der Waals surface area contributed by atoms with Gasteiger partial charge in [0.2, 0.25) is 5.91 Å². The molecule has 7 nitrogen and oxygen atoms in total. The molecular formula is C24H24N4O3. The Morgan fingerprint density at radius 1 is 1.10 bits per heavy atom. The van der Waals surface area contributed by atoms with Crippen LogP contribution in [0.4, 0.5) is 17.1 Å². The number of rotatable bonds is 4. The second kappa shape index (κ2) is 8.26. The molecule has 1 aromatic heterocycles. The monoisotopic (exact) mass is 416 g/mol. The van der Waals surface area contributed by atoms with Crippen LogP contribution in [0.15, 0.2) is 54.9 Å². The molecule has 2 aliphatic heterocycles. The summed E-state index contributed by atoms with van der Waals surface area (Å²) in [7, 11) is 0. The van der Waals surface area contributed by atoms with E-state index in [1.54, 1.807) is 24.5 Å². The summed E-state index contributed by atoms with van der Waals surface area (Å²) in [5, 5.41) is 7.69. The van der Waals surface area contributed by atoms with Crippen molar-refractivity contribution in [1.82, 2.24) is 4.98 Å². The van der Waals surface area contributed by atoms with Gasteiger partial charge in [-0.25, -0.2) is 0 Å². The van der Waals surface area contributed by atoms with Crippen LogP contribution in [0.5, 0.6) is 5.75 Å². The van der Waals surface area contributed by atoms with Crippen molar-refractivity contribution in [3.8, 4) is 5.75 Å². The zero-order chi connectivity index (χ0) is 21.2. The number of carbonyl (C=O) groups excluding carboxylic acids is 2. The summed E-state index contributed by atoms with van der Waals surface area (Å²) in [6.45, 7) is 2.08. The Bertz CT molecular complexity index is 1140. The number of para-hydroxylation sites is 2. The second-order valence-electron chi connectivity index (χ2n) is 7.95. The maximum absolute atomic E-state index is 12.8. The van der Waals surface area contributed by atoms with Gasteiger partial charge in [-0.1, -0.05) is 12.1 Å². The number of pyridine rings is 1. The molecule has 31 heavy (non-hydrogen) atoms. The fraction of sp³-hybridized carbons (Fsp3) is 0.292. The van der Waals surface area contributed by atoms with Gasteiger partial charge in [-0.3, -0.25) is 14.6 Å². The van der Waals surface area contributed by atoms with E-state index in [1.165, 1.54) is 24.9 Å². The van der Waals surface area contributed by atoms with Crippen molar-refractivity contribution in [2.45, 2.75) is 31.8 Å². The number of nitrogens with zero attached hydrogens (tertiary/aromatic N) is 2. The fourth-order valence-electron chi connectivity index (χ4n) is 4.29. The van der Waals surface area contributed by atoms with Gasteiger partial charge in [-0.05, 0) is 49.6 Å². The quantitative estimate of drug-likeness (QED) is 0.673. The highest BCUT2D eigenvalue weighted by Crippen LogP contribution is 2.34. The minimum absolute atomic E-state index is 0.0736. The number of hydrogen-bond acceptors (Lipinski definition) is 5. The topological polar surface area (TPSA) is 83.6 Å². The van der Waals surface area contributed by atoms with Gasteiger partial charge in [0.25, 0.3) is 5.91 Å². The first kappa shape index (κ1) is 19.4. The standard InChI is InChI=1S/C24H24N4O3/c29-23(14-22-24(30)27-19-6-2-3-7-21(19)31-22)26-18-8-9-20(28-12-4-1-5-13-28)16-10-11-25-15-17(16)18/h2-3,6-11,15,22H,1,4-5,12-14H2,(H,26,29)(H,27,30)/t22-/m0/s1. The molecule has 0 aliphatic carbocycles. The smallest absolute Gasteiger partial charge is 0.266 e. The Kier molecular flexibility index (Phi) is 5.16. The Balaban J connectivity index is 1.35. The van der Waals surface area contributed by atoms with Crippen molar-refractivity contribution in [2.24, 2.45) is 0 Å². The number of anilines is 3. The van der Waals surface area contributed by atoms with Crippen LogP contribution in [-0.4, -0.2) is 36.0 Å². The molecule has 1 fully saturated rings. The fourth-order valence-corrected chi connectivity index (χ4v) is 4.29. The lowest BCUT2D eigenvalue weighted by Crippen LogP contribution is -2.39. The van der Waals surface area contributed by atoms with Crippen LogP contribution in [-0.2, 0) is 9.59 Å². The molecule has 3 heterocycles. The Hall–Kier alpha value is -3.61. The molecule has 0 bridgehead atoms. The van der Waals surface area contributed by atoms with E-state index >= 15 is 0 Å². The first-order valence-corrected chi connectivity index (χ1v) is 10.7. The van der Waals surface area contributed by atoms with E-state index in [9.17, 15) is 9.59 Å². The molecule has 7 heteroatoms. The minimum atomic E-state index is -0.869. The van der Waals surface area contributed by atoms with Crippen LogP contribution in [0, 0.1) is 0 Å². The number of ether oxygens (including phenoxy) is 1. The summed E-state index contributed by atoms with van der Waals surface area (Å²) in [5.41, 5.74) is 2.47. The largest absolute Gasteiger partial charge is 0.478 e. The van der Waals surface area contributed by atoms with E-state index in [0.717, 1.165) is 23.9 Å². The predicted octanol–water partition coefficient (Wildman–Crippen LogP) is 3.95. The van der Waals surface area contributed by atoms with Gasteiger partial charge in [0.05, 0.1) is 17.8 Å². The number of carbonyl (C=O) groups is 2. The van der Waals surface area contributed by atoms with Gasteiger partial charge in [-0.2, -0.15) is 0 Å².